The molecule has 2 N–H and O–H groups in total. The van der Waals surface area contributed by atoms with Crippen LogP contribution in [0.2, 0.25) is 0 Å². The Morgan fingerprint density at radius 2 is 2.13 bits per heavy atom. The van der Waals surface area contributed by atoms with Gasteiger partial charge in [0, 0.05) is 16.9 Å². The molecule has 1 aromatic rings. The monoisotopic (exact) mass is 275 g/mol. The fourth-order valence-corrected chi connectivity index (χ4v) is 2.45. The lowest BCUT2D eigenvalue weighted by molar-refractivity contribution is 0.0436. The maximum Gasteiger partial charge on any atom is 0.126 e. The molecule has 1 aliphatic carbocycles. The van der Waals surface area contributed by atoms with E-state index in [1.54, 1.807) is 12.1 Å². The van der Waals surface area contributed by atoms with Crippen molar-refractivity contribution in [1.82, 2.24) is 0 Å². The molecule has 1 fully saturated rings. The van der Waals surface area contributed by atoms with Gasteiger partial charge in [-0.1, -0.05) is 15.9 Å². The summed E-state index contributed by atoms with van der Waals surface area (Å²) < 4.78 is 28.0. The third kappa shape index (κ3) is 2.37. The lowest BCUT2D eigenvalue weighted by Crippen LogP contribution is -2.49. The largest absolute Gasteiger partial charge is 0.327 e. The van der Waals surface area contributed by atoms with Gasteiger partial charge < -0.3 is 5.73 Å². The average molecular weight is 276 g/mol. The summed E-state index contributed by atoms with van der Waals surface area (Å²) >= 11 is 3.24. The van der Waals surface area contributed by atoms with Crippen molar-refractivity contribution in [2.24, 2.45) is 5.73 Å². The van der Waals surface area contributed by atoms with Crippen molar-refractivity contribution in [3.63, 3.8) is 0 Å². The number of hydrogen-bond acceptors (Lipinski definition) is 1. The Morgan fingerprint density at radius 3 is 2.73 bits per heavy atom. The fourth-order valence-electron chi connectivity index (χ4n) is 2.04. The number of hydrogen-bond donors (Lipinski definition) is 1. The summed E-state index contributed by atoms with van der Waals surface area (Å²) in [4.78, 5) is 0. The van der Waals surface area contributed by atoms with Gasteiger partial charge in [0.25, 0.3) is 0 Å². The van der Waals surface area contributed by atoms with Crippen LogP contribution in [0.4, 0.5) is 8.78 Å². The summed E-state index contributed by atoms with van der Waals surface area (Å²) in [5, 5.41) is 0. The van der Waals surface area contributed by atoms with E-state index in [1.807, 2.05) is 0 Å². The molecule has 1 aliphatic rings. The first-order valence-corrected chi connectivity index (χ1v) is 5.66. The van der Waals surface area contributed by atoms with E-state index in [2.05, 4.69) is 15.9 Å². The van der Waals surface area contributed by atoms with Crippen LogP contribution in [0.25, 0.3) is 0 Å². The van der Waals surface area contributed by atoms with Crippen molar-refractivity contribution in [3.8, 4) is 0 Å². The Kier molecular flexibility index (Phi) is 2.81. The first-order chi connectivity index (χ1) is 6.98. The van der Waals surface area contributed by atoms with Gasteiger partial charge in [-0.2, -0.15) is 0 Å². The maximum absolute atomic E-state index is 13.9. The molecule has 1 nitrogen and oxygen atoms in total. The van der Waals surface area contributed by atoms with Crippen LogP contribution < -0.4 is 5.73 Å². The van der Waals surface area contributed by atoms with Crippen LogP contribution >= 0.6 is 15.9 Å². The van der Waals surface area contributed by atoms with Crippen LogP contribution in [0, 0.1) is 5.82 Å². The third-order valence-corrected chi connectivity index (χ3v) is 3.26. The van der Waals surface area contributed by atoms with Gasteiger partial charge in [-0.25, -0.2) is 8.78 Å². The minimum atomic E-state index is -1.30. The fraction of sp³-hybridized carbons (Fsp3) is 0.455. The maximum atomic E-state index is 13.9. The van der Waals surface area contributed by atoms with Crippen molar-refractivity contribution in [1.29, 1.82) is 0 Å². The van der Waals surface area contributed by atoms with Gasteiger partial charge >= 0.3 is 0 Å². The van der Waals surface area contributed by atoms with E-state index < -0.39 is 5.67 Å². The molecule has 0 atom stereocenters. The van der Waals surface area contributed by atoms with Gasteiger partial charge in [0.15, 0.2) is 0 Å². The second-order valence-corrected chi connectivity index (χ2v) is 5.15. The van der Waals surface area contributed by atoms with Crippen molar-refractivity contribution in [3.05, 3.63) is 34.1 Å². The smallest absolute Gasteiger partial charge is 0.126 e. The van der Waals surface area contributed by atoms with Gasteiger partial charge in [0.2, 0.25) is 0 Å². The second-order valence-electron chi connectivity index (χ2n) is 4.23. The summed E-state index contributed by atoms with van der Waals surface area (Å²) in [6.45, 7) is 0. The van der Waals surface area contributed by atoms with Gasteiger partial charge in [-0.15, -0.1) is 0 Å². The summed E-state index contributed by atoms with van der Waals surface area (Å²) in [5.74, 6) is -0.351. The highest BCUT2D eigenvalue weighted by Gasteiger charge is 2.43. The van der Waals surface area contributed by atoms with Crippen LogP contribution in [-0.2, 0) is 6.42 Å². The van der Waals surface area contributed by atoms with Crippen LogP contribution in [0.5, 0.6) is 0 Å². The molecule has 0 amide bonds. The van der Waals surface area contributed by atoms with Gasteiger partial charge in [-0.05, 0) is 36.6 Å². The molecule has 0 unspecified atom stereocenters. The van der Waals surface area contributed by atoms with E-state index in [9.17, 15) is 8.78 Å². The quantitative estimate of drug-likeness (QED) is 0.883. The first kappa shape index (κ1) is 11.0. The number of benzene rings is 1. The molecular formula is C11H12BrF2N. The van der Waals surface area contributed by atoms with Gasteiger partial charge in [-0.3, -0.25) is 0 Å². The number of alkyl halides is 1. The van der Waals surface area contributed by atoms with E-state index >= 15 is 0 Å². The van der Waals surface area contributed by atoms with E-state index in [-0.39, 0.29) is 18.3 Å². The summed E-state index contributed by atoms with van der Waals surface area (Å²) in [6.07, 6.45) is 0.782. The molecule has 0 bridgehead atoms. The predicted octanol–water partition coefficient (Wildman–Crippen LogP) is 2.96. The first-order valence-electron chi connectivity index (χ1n) is 4.87. The molecule has 0 aromatic heterocycles. The van der Waals surface area contributed by atoms with E-state index in [1.165, 1.54) is 6.07 Å². The summed E-state index contributed by atoms with van der Waals surface area (Å²) in [5.41, 5.74) is 4.64. The van der Waals surface area contributed by atoms with Crippen molar-refractivity contribution in [2.45, 2.75) is 31.0 Å². The number of nitrogens with two attached hydrogens (primary N) is 1. The highest BCUT2D eigenvalue weighted by molar-refractivity contribution is 9.10. The van der Waals surface area contributed by atoms with Crippen LogP contribution in [-0.4, -0.2) is 11.7 Å². The Morgan fingerprint density at radius 1 is 1.47 bits per heavy atom. The minimum absolute atomic E-state index is 0.0646. The molecule has 1 aromatic carbocycles. The Hall–Kier alpha value is -0.480. The van der Waals surface area contributed by atoms with Gasteiger partial charge in [0.05, 0.1) is 0 Å². The zero-order valence-corrected chi connectivity index (χ0v) is 9.73. The highest BCUT2D eigenvalue weighted by atomic mass is 79.9. The molecule has 0 aliphatic heterocycles. The van der Waals surface area contributed by atoms with E-state index in [0.717, 1.165) is 4.47 Å². The molecule has 0 saturated heterocycles. The molecule has 1 saturated carbocycles. The summed E-state index contributed by atoms with van der Waals surface area (Å²) in [6, 6.07) is 4.52. The normalized spacial score (nSPS) is 30.0. The minimum Gasteiger partial charge on any atom is -0.327 e. The van der Waals surface area contributed by atoms with Crippen LogP contribution in [0.15, 0.2) is 22.7 Å². The zero-order valence-electron chi connectivity index (χ0n) is 8.14. The third-order valence-electron chi connectivity index (χ3n) is 2.77. The molecule has 0 heterocycles. The van der Waals surface area contributed by atoms with E-state index in [0.29, 0.717) is 18.4 Å². The molecular weight excluding hydrogens is 264 g/mol. The molecule has 82 valence electrons. The van der Waals surface area contributed by atoms with Gasteiger partial charge in [0.1, 0.15) is 11.5 Å². The molecule has 2 rings (SSSR count). The van der Waals surface area contributed by atoms with Crippen molar-refractivity contribution >= 4 is 15.9 Å². The second kappa shape index (κ2) is 3.83. The lowest BCUT2D eigenvalue weighted by atomic mass is 9.74. The van der Waals surface area contributed by atoms with Crippen LogP contribution in [0.3, 0.4) is 0 Å². The topological polar surface area (TPSA) is 26.0 Å². The Balaban J connectivity index is 2.14. The standard InChI is InChI=1S/C11H12BrF2N/c12-8-1-2-10(13)7(3-8)4-11(14)5-9(15)6-11/h1-3,9H,4-6,15H2. The van der Waals surface area contributed by atoms with E-state index in [4.69, 9.17) is 5.73 Å². The molecule has 4 heteroatoms. The number of halogens is 3. The zero-order chi connectivity index (χ0) is 11.1. The SMILES string of the molecule is NC1CC(F)(Cc2cc(Br)ccc2F)C1. The average Bonchev–Trinajstić information content (AvgIpc) is 2.09. The number of rotatable bonds is 2. The predicted molar refractivity (Wildman–Crippen MR) is 58.9 cm³/mol. The summed E-state index contributed by atoms with van der Waals surface area (Å²) in [7, 11) is 0. The molecule has 15 heavy (non-hydrogen) atoms. The van der Waals surface area contributed by atoms with Crippen LogP contribution in [0.1, 0.15) is 18.4 Å². The highest BCUT2D eigenvalue weighted by Crippen LogP contribution is 2.38. The lowest BCUT2D eigenvalue weighted by Gasteiger charge is -2.39. The molecule has 0 spiro atoms. The van der Waals surface area contributed by atoms with Crippen molar-refractivity contribution in [2.75, 3.05) is 0 Å². The Bertz CT molecular complexity index is 375. The van der Waals surface area contributed by atoms with Crippen molar-refractivity contribution < 1.29 is 8.78 Å². The Labute approximate surface area is 95.8 Å². The molecule has 0 radical (unpaired) electrons.